The zero-order chi connectivity index (χ0) is 32.1. The topological polar surface area (TPSA) is 117 Å². The highest BCUT2D eigenvalue weighted by atomic mass is 35.5. The molecule has 2 aromatic carbocycles. The number of ether oxygens (including phenoxy) is 2. The Balaban J connectivity index is 1.47. The van der Waals surface area contributed by atoms with Gasteiger partial charge in [-0.05, 0) is 43.2 Å². The first kappa shape index (κ1) is 32.7. The molecule has 11 heteroatoms. The first-order valence-electron chi connectivity index (χ1n) is 14.7. The second-order valence-electron chi connectivity index (χ2n) is 11.0. The fourth-order valence-corrected chi connectivity index (χ4v) is 6.23. The maximum absolute atomic E-state index is 11.1. The molecule has 3 N–H and O–H groups in total. The van der Waals surface area contributed by atoms with E-state index in [1.54, 1.807) is 27.3 Å². The van der Waals surface area contributed by atoms with Gasteiger partial charge in [-0.15, -0.1) is 0 Å². The molecule has 1 aliphatic heterocycles. The summed E-state index contributed by atoms with van der Waals surface area (Å²) in [6.07, 6.45) is 2.12. The van der Waals surface area contributed by atoms with Gasteiger partial charge in [0.1, 0.15) is 5.75 Å². The van der Waals surface area contributed by atoms with Crippen molar-refractivity contribution in [1.29, 1.82) is 0 Å². The zero-order valence-corrected chi connectivity index (χ0v) is 27.0. The minimum Gasteiger partial charge on any atom is -0.496 e. The number of aromatic nitrogens is 2. The van der Waals surface area contributed by atoms with E-state index in [0.717, 1.165) is 57.7 Å². The molecule has 1 atom stereocenters. The molecular formula is C34H36Cl2N4O5. The molecule has 0 saturated carbocycles. The molecule has 0 radical (unpaired) electrons. The van der Waals surface area contributed by atoms with Crippen LogP contribution in [0, 0.1) is 0 Å². The van der Waals surface area contributed by atoms with E-state index in [9.17, 15) is 9.90 Å². The van der Waals surface area contributed by atoms with Gasteiger partial charge in [0.05, 0.1) is 48.2 Å². The van der Waals surface area contributed by atoms with Crippen LogP contribution in [-0.4, -0.2) is 71.0 Å². The zero-order valence-electron chi connectivity index (χ0n) is 25.4. The van der Waals surface area contributed by atoms with Crippen LogP contribution < -0.4 is 14.8 Å². The van der Waals surface area contributed by atoms with Gasteiger partial charge in [-0.3, -0.25) is 14.7 Å². The van der Waals surface area contributed by atoms with E-state index in [0.29, 0.717) is 53.5 Å². The van der Waals surface area contributed by atoms with E-state index in [1.165, 1.54) is 0 Å². The molecule has 0 fully saturated rings. The van der Waals surface area contributed by atoms with Crippen LogP contribution in [0.1, 0.15) is 30.0 Å². The largest absolute Gasteiger partial charge is 0.496 e. The summed E-state index contributed by atoms with van der Waals surface area (Å²) in [6, 6.07) is 15.4. The molecule has 9 nitrogen and oxygen atoms in total. The predicted molar refractivity (Wildman–Crippen MR) is 176 cm³/mol. The molecule has 3 heterocycles. The summed E-state index contributed by atoms with van der Waals surface area (Å²) >= 11 is 14.1. The van der Waals surface area contributed by atoms with Crippen LogP contribution in [0.3, 0.4) is 0 Å². The molecule has 0 bridgehead atoms. The Morgan fingerprint density at radius 1 is 1.07 bits per heavy atom. The third-order valence-corrected chi connectivity index (χ3v) is 8.65. The summed E-state index contributed by atoms with van der Waals surface area (Å²) < 4.78 is 11.3. The number of aliphatic hydroxyl groups excluding tert-OH is 1. The Labute approximate surface area is 272 Å². The Hall–Kier alpha value is -3.73. The van der Waals surface area contributed by atoms with Gasteiger partial charge in [-0.25, -0.2) is 4.98 Å². The minimum atomic E-state index is -0.805. The highest BCUT2D eigenvalue weighted by Crippen LogP contribution is 2.43. The van der Waals surface area contributed by atoms with Gasteiger partial charge < -0.3 is 25.0 Å². The van der Waals surface area contributed by atoms with Crippen molar-refractivity contribution in [2.24, 2.45) is 0 Å². The number of aliphatic hydroxyl groups is 1. The highest BCUT2D eigenvalue weighted by molar-refractivity contribution is 6.39. The number of carboxylic acid groups (broad SMARTS) is 1. The summed E-state index contributed by atoms with van der Waals surface area (Å²) in [5, 5.41) is 22.8. The fourth-order valence-electron chi connectivity index (χ4n) is 5.59. The lowest BCUT2D eigenvalue weighted by atomic mass is 9.93. The smallest absolute Gasteiger partial charge is 0.304 e. The Morgan fingerprint density at radius 2 is 1.84 bits per heavy atom. The van der Waals surface area contributed by atoms with Gasteiger partial charge in [0.2, 0.25) is 5.88 Å². The summed E-state index contributed by atoms with van der Waals surface area (Å²) in [4.78, 5) is 22.6. The number of nitrogens with one attached hydrogen (secondary N) is 1. The number of carbonyl (C=O) groups is 1. The maximum atomic E-state index is 11.1. The van der Waals surface area contributed by atoms with Gasteiger partial charge in [-0.2, -0.15) is 0 Å². The van der Waals surface area contributed by atoms with Gasteiger partial charge in [-0.1, -0.05) is 47.5 Å². The van der Waals surface area contributed by atoms with Crippen molar-refractivity contribution in [1.82, 2.24) is 20.2 Å². The monoisotopic (exact) mass is 650 g/mol. The SMILES string of the molecule is COc1cc(-c2nccc(-c3cccc(-c4ccc(CNC[C@@H](C)O)c(OC)n4)c3Cl)c2Cl)cc2c1CN(CCC(=O)O)CC2. The summed E-state index contributed by atoms with van der Waals surface area (Å²) in [5.41, 5.74) is 7.34. The molecule has 45 heavy (non-hydrogen) atoms. The normalized spacial score (nSPS) is 13.7. The quantitative estimate of drug-likeness (QED) is 0.167. The minimum absolute atomic E-state index is 0.100. The molecule has 2 aromatic heterocycles. The van der Waals surface area contributed by atoms with Crippen molar-refractivity contribution >= 4 is 29.2 Å². The number of fused-ring (bicyclic) bond motifs is 1. The van der Waals surface area contributed by atoms with E-state index in [-0.39, 0.29) is 6.42 Å². The van der Waals surface area contributed by atoms with Crippen molar-refractivity contribution in [3.05, 3.63) is 81.5 Å². The van der Waals surface area contributed by atoms with Gasteiger partial charge in [0.15, 0.2) is 0 Å². The summed E-state index contributed by atoms with van der Waals surface area (Å²) in [6.45, 7) is 4.55. The van der Waals surface area contributed by atoms with Gasteiger partial charge in [0, 0.05) is 72.3 Å². The number of hydrogen-bond donors (Lipinski definition) is 3. The number of pyridine rings is 2. The average molecular weight is 652 g/mol. The average Bonchev–Trinajstić information content (AvgIpc) is 3.03. The van der Waals surface area contributed by atoms with E-state index < -0.39 is 12.1 Å². The van der Waals surface area contributed by atoms with E-state index in [1.807, 2.05) is 42.5 Å². The standard InChI is InChI=1S/C34H36Cl2N4O5/c1-20(41)17-37-18-22-7-8-28(39-34(22)45-3)26-6-4-5-24(31(26)35)25-9-12-38-33(32(25)36)23-15-21-10-13-40(14-11-30(42)43)19-27(21)29(16-23)44-2/h4-9,12,15-16,20,37,41H,10-11,13-14,17-19H2,1-3H3,(H,42,43)/t20-/m1/s1. The Bertz CT molecular complexity index is 1680. The van der Waals surface area contributed by atoms with Gasteiger partial charge in [0.25, 0.3) is 0 Å². The lowest BCUT2D eigenvalue weighted by Gasteiger charge is -2.30. The van der Waals surface area contributed by atoms with Crippen LogP contribution in [0.5, 0.6) is 11.6 Å². The van der Waals surface area contributed by atoms with Crippen molar-refractivity contribution < 1.29 is 24.5 Å². The third-order valence-electron chi connectivity index (χ3n) is 7.86. The Kier molecular flexibility index (Phi) is 10.6. The van der Waals surface area contributed by atoms with E-state index in [2.05, 4.69) is 21.3 Å². The van der Waals surface area contributed by atoms with E-state index >= 15 is 0 Å². The van der Waals surface area contributed by atoms with Crippen LogP contribution in [0.4, 0.5) is 0 Å². The molecule has 5 rings (SSSR count). The lowest BCUT2D eigenvalue weighted by Crippen LogP contribution is -2.32. The molecule has 236 valence electrons. The number of halogens is 2. The predicted octanol–water partition coefficient (Wildman–Crippen LogP) is 6.10. The number of carboxylic acids is 1. The van der Waals surface area contributed by atoms with Gasteiger partial charge >= 0.3 is 5.97 Å². The number of rotatable bonds is 12. The third kappa shape index (κ3) is 7.40. The van der Waals surface area contributed by atoms with Crippen LogP contribution in [0.25, 0.3) is 33.6 Å². The maximum Gasteiger partial charge on any atom is 0.304 e. The van der Waals surface area contributed by atoms with Crippen molar-refractivity contribution in [2.75, 3.05) is 33.9 Å². The van der Waals surface area contributed by atoms with Crippen molar-refractivity contribution in [3.8, 4) is 45.3 Å². The van der Waals surface area contributed by atoms with Crippen LogP contribution in [0.2, 0.25) is 10.0 Å². The molecule has 1 aliphatic rings. The molecule has 0 saturated heterocycles. The highest BCUT2D eigenvalue weighted by Gasteiger charge is 2.24. The summed E-state index contributed by atoms with van der Waals surface area (Å²) in [7, 11) is 3.21. The van der Waals surface area contributed by atoms with Crippen LogP contribution >= 0.6 is 23.2 Å². The molecule has 0 spiro atoms. The molecule has 0 aliphatic carbocycles. The first-order valence-corrected chi connectivity index (χ1v) is 15.5. The van der Waals surface area contributed by atoms with Crippen molar-refractivity contribution in [3.63, 3.8) is 0 Å². The second-order valence-corrected chi connectivity index (χ2v) is 11.8. The number of benzene rings is 2. The Morgan fingerprint density at radius 3 is 2.58 bits per heavy atom. The summed E-state index contributed by atoms with van der Waals surface area (Å²) in [5.74, 6) is 0.388. The molecular weight excluding hydrogens is 615 g/mol. The number of aliphatic carboxylic acids is 1. The second kappa shape index (κ2) is 14.6. The molecule has 4 aromatic rings. The fraction of sp³-hybridized carbons (Fsp3) is 0.324. The lowest BCUT2D eigenvalue weighted by molar-refractivity contribution is -0.137. The molecule has 0 unspecified atom stereocenters. The number of hydrogen-bond acceptors (Lipinski definition) is 8. The van der Waals surface area contributed by atoms with Crippen LogP contribution in [-0.2, 0) is 24.3 Å². The van der Waals surface area contributed by atoms with Crippen molar-refractivity contribution in [2.45, 2.75) is 39.0 Å². The van der Waals surface area contributed by atoms with E-state index in [4.69, 9.17) is 42.8 Å². The first-order chi connectivity index (χ1) is 21.7. The molecule has 0 amide bonds. The number of methoxy groups -OCH3 is 2. The number of nitrogens with zero attached hydrogens (tertiary/aromatic N) is 3. The van der Waals surface area contributed by atoms with Crippen LogP contribution in [0.15, 0.2) is 54.7 Å².